The molecule has 2 N–H and O–H groups in total. The SMILES string of the molecule is COc1cccc(Oc2ncccc2CNC(=O)[C@H]2C[C@H](F)CN2)c1. The lowest BCUT2D eigenvalue weighted by Crippen LogP contribution is -2.40. The van der Waals surface area contributed by atoms with Crippen molar-refractivity contribution >= 4 is 5.91 Å². The number of aromatic nitrogens is 1. The van der Waals surface area contributed by atoms with Crippen molar-refractivity contribution in [1.82, 2.24) is 15.6 Å². The van der Waals surface area contributed by atoms with E-state index in [1.807, 2.05) is 18.2 Å². The molecule has 0 radical (unpaired) electrons. The molecular formula is C18H20FN3O3. The Morgan fingerprint density at radius 3 is 2.96 bits per heavy atom. The molecule has 1 saturated heterocycles. The largest absolute Gasteiger partial charge is 0.497 e. The van der Waals surface area contributed by atoms with Crippen molar-refractivity contribution in [1.29, 1.82) is 0 Å². The van der Waals surface area contributed by atoms with E-state index in [0.29, 0.717) is 17.4 Å². The summed E-state index contributed by atoms with van der Waals surface area (Å²) in [5, 5.41) is 5.66. The molecule has 1 aromatic carbocycles. The molecule has 1 amide bonds. The van der Waals surface area contributed by atoms with E-state index in [0.717, 1.165) is 5.56 Å². The zero-order valence-corrected chi connectivity index (χ0v) is 13.9. The molecule has 2 heterocycles. The number of carbonyl (C=O) groups excluding carboxylic acids is 1. The number of rotatable bonds is 6. The van der Waals surface area contributed by atoms with Crippen LogP contribution in [0.25, 0.3) is 0 Å². The molecule has 0 aliphatic carbocycles. The van der Waals surface area contributed by atoms with E-state index in [2.05, 4.69) is 15.6 Å². The van der Waals surface area contributed by atoms with Crippen LogP contribution in [0.4, 0.5) is 4.39 Å². The maximum absolute atomic E-state index is 13.2. The zero-order chi connectivity index (χ0) is 17.6. The average molecular weight is 345 g/mol. The van der Waals surface area contributed by atoms with Crippen LogP contribution in [-0.4, -0.2) is 36.8 Å². The first kappa shape index (κ1) is 17.2. The molecular weight excluding hydrogens is 325 g/mol. The van der Waals surface area contributed by atoms with Crippen molar-refractivity contribution < 1.29 is 18.7 Å². The first-order chi connectivity index (χ1) is 12.2. The Morgan fingerprint density at radius 2 is 2.20 bits per heavy atom. The molecule has 7 heteroatoms. The average Bonchev–Trinajstić information content (AvgIpc) is 3.07. The number of amides is 1. The third-order valence-electron chi connectivity index (χ3n) is 3.95. The molecule has 3 rings (SSSR count). The minimum atomic E-state index is -0.971. The second-order valence-corrected chi connectivity index (χ2v) is 5.76. The molecule has 25 heavy (non-hydrogen) atoms. The van der Waals surface area contributed by atoms with Gasteiger partial charge in [-0.15, -0.1) is 0 Å². The summed E-state index contributed by atoms with van der Waals surface area (Å²) in [6, 6.07) is 10.3. The number of carbonyl (C=O) groups is 1. The van der Waals surface area contributed by atoms with Crippen molar-refractivity contribution in [3.63, 3.8) is 0 Å². The molecule has 0 bridgehead atoms. The number of halogens is 1. The van der Waals surface area contributed by atoms with Crippen LogP contribution in [0.15, 0.2) is 42.6 Å². The molecule has 1 aromatic heterocycles. The molecule has 0 spiro atoms. The Balaban J connectivity index is 1.65. The van der Waals surface area contributed by atoms with Crippen LogP contribution in [0, 0.1) is 0 Å². The van der Waals surface area contributed by atoms with E-state index in [4.69, 9.17) is 9.47 Å². The highest BCUT2D eigenvalue weighted by Crippen LogP contribution is 2.26. The quantitative estimate of drug-likeness (QED) is 0.840. The van der Waals surface area contributed by atoms with Crippen LogP contribution in [0.2, 0.25) is 0 Å². The summed E-state index contributed by atoms with van der Waals surface area (Å²) in [5.74, 6) is 1.44. The highest BCUT2D eigenvalue weighted by atomic mass is 19.1. The summed E-state index contributed by atoms with van der Waals surface area (Å²) in [7, 11) is 1.58. The van der Waals surface area contributed by atoms with Gasteiger partial charge in [-0.2, -0.15) is 0 Å². The number of alkyl halides is 1. The van der Waals surface area contributed by atoms with Crippen molar-refractivity contribution in [3.05, 3.63) is 48.2 Å². The van der Waals surface area contributed by atoms with E-state index in [-0.39, 0.29) is 25.4 Å². The Hall–Kier alpha value is -2.67. The third-order valence-corrected chi connectivity index (χ3v) is 3.95. The lowest BCUT2D eigenvalue weighted by atomic mass is 10.2. The van der Waals surface area contributed by atoms with Crippen LogP contribution >= 0.6 is 0 Å². The number of ether oxygens (including phenoxy) is 2. The Labute approximate surface area is 145 Å². The fourth-order valence-corrected chi connectivity index (χ4v) is 2.62. The van der Waals surface area contributed by atoms with Gasteiger partial charge in [-0.1, -0.05) is 12.1 Å². The highest BCUT2D eigenvalue weighted by Gasteiger charge is 2.29. The van der Waals surface area contributed by atoms with Crippen molar-refractivity contribution in [2.45, 2.75) is 25.2 Å². The monoisotopic (exact) mass is 345 g/mol. The molecule has 0 unspecified atom stereocenters. The van der Waals surface area contributed by atoms with E-state index in [9.17, 15) is 9.18 Å². The number of nitrogens with one attached hydrogen (secondary N) is 2. The number of methoxy groups -OCH3 is 1. The van der Waals surface area contributed by atoms with Gasteiger partial charge in [-0.25, -0.2) is 9.37 Å². The summed E-state index contributed by atoms with van der Waals surface area (Å²) in [4.78, 5) is 16.3. The molecule has 6 nitrogen and oxygen atoms in total. The third kappa shape index (κ3) is 4.45. The van der Waals surface area contributed by atoms with E-state index >= 15 is 0 Å². The van der Waals surface area contributed by atoms with Gasteiger partial charge in [0.2, 0.25) is 11.8 Å². The zero-order valence-electron chi connectivity index (χ0n) is 13.9. The first-order valence-corrected chi connectivity index (χ1v) is 8.06. The van der Waals surface area contributed by atoms with Gasteiger partial charge in [0.1, 0.15) is 17.7 Å². The molecule has 0 saturated carbocycles. The van der Waals surface area contributed by atoms with Gasteiger partial charge < -0.3 is 20.1 Å². The fourth-order valence-electron chi connectivity index (χ4n) is 2.62. The predicted molar refractivity (Wildman–Crippen MR) is 90.5 cm³/mol. The summed E-state index contributed by atoms with van der Waals surface area (Å²) in [6.07, 6.45) is 0.847. The minimum absolute atomic E-state index is 0.200. The summed E-state index contributed by atoms with van der Waals surface area (Å²) < 4.78 is 24.2. The normalized spacial score (nSPS) is 19.4. The molecule has 132 valence electrons. The van der Waals surface area contributed by atoms with Crippen molar-refractivity contribution in [3.8, 4) is 17.4 Å². The highest BCUT2D eigenvalue weighted by molar-refractivity contribution is 5.82. The predicted octanol–water partition coefficient (Wildman–Crippen LogP) is 2.20. The van der Waals surface area contributed by atoms with Crippen molar-refractivity contribution in [2.24, 2.45) is 0 Å². The van der Waals surface area contributed by atoms with Crippen LogP contribution in [0.1, 0.15) is 12.0 Å². The first-order valence-electron chi connectivity index (χ1n) is 8.06. The van der Waals surface area contributed by atoms with Gasteiger partial charge >= 0.3 is 0 Å². The number of pyridine rings is 1. The molecule has 1 aliphatic rings. The number of nitrogens with zero attached hydrogens (tertiary/aromatic N) is 1. The number of hydrogen-bond acceptors (Lipinski definition) is 5. The topological polar surface area (TPSA) is 72.5 Å². The van der Waals surface area contributed by atoms with Crippen molar-refractivity contribution in [2.75, 3.05) is 13.7 Å². The second-order valence-electron chi connectivity index (χ2n) is 5.76. The molecule has 2 atom stereocenters. The lowest BCUT2D eigenvalue weighted by molar-refractivity contribution is -0.123. The number of benzene rings is 1. The molecule has 2 aromatic rings. The van der Waals surface area contributed by atoms with Gasteiger partial charge in [0, 0.05) is 37.3 Å². The standard InChI is InChI=1S/C18H20FN3O3/c1-24-14-5-2-6-15(9-14)25-18-12(4-3-7-20-18)10-22-17(23)16-8-13(19)11-21-16/h2-7,9,13,16,21H,8,10-11H2,1H3,(H,22,23)/t13-,16+/m0/s1. The summed E-state index contributed by atoms with van der Waals surface area (Å²) in [6.45, 7) is 0.469. The van der Waals surface area contributed by atoms with Gasteiger partial charge in [0.25, 0.3) is 0 Å². The van der Waals surface area contributed by atoms with Crippen LogP contribution in [-0.2, 0) is 11.3 Å². The second kappa shape index (κ2) is 7.94. The Morgan fingerprint density at radius 1 is 1.36 bits per heavy atom. The van der Waals surface area contributed by atoms with Crippen LogP contribution < -0.4 is 20.1 Å². The summed E-state index contributed by atoms with van der Waals surface area (Å²) >= 11 is 0. The van der Waals surface area contributed by atoms with Gasteiger partial charge in [-0.3, -0.25) is 4.79 Å². The van der Waals surface area contributed by atoms with Gasteiger partial charge in [-0.05, 0) is 18.2 Å². The molecule has 1 fully saturated rings. The Bertz CT molecular complexity index is 741. The smallest absolute Gasteiger partial charge is 0.237 e. The lowest BCUT2D eigenvalue weighted by Gasteiger charge is -2.13. The van der Waals surface area contributed by atoms with Crippen LogP contribution in [0.3, 0.4) is 0 Å². The van der Waals surface area contributed by atoms with Gasteiger partial charge in [0.05, 0.1) is 13.2 Å². The Kier molecular flexibility index (Phi) is 5.45. The van der Waals surface area contributed by atoms with Gasteiger partial charge in [0.15, 0.2) is 0 Å². The van der Waals surface area contributed by atoms with E-state index in [1.54, 1.807) is 31.5 Å². The molecule has 1 aliphatic heterocycles. The fraction of sp³-hybridized carbons (Fsp3) is 0.333. The number of hydrogen-bond donors (Lipinski definition) is 2. The summed E-state index contributed by atoms with van der Waals surface area (Å²) in [5.41, 5.74) is 0.730. The minimum Gasteiger partial charge on any atom is -0.497 e. The maximum atomic E-state index is 13.2. The maximum Gasteiger partial charge on any atom is 0.237 e. The van der Waals surface area contributed by atoms with Crippen LogP contribution in [0.5, 0.6) is 17.4 Å². The van der Waals surface area contributed by atoms with E-state index < -0.39 is 12.2 Å². The van der Waals surface area contributed by atoms with E-state index in [1.165, 1.54) is 0 Å².